The van der Waals surface area contributed by atoms with E-state index < -0.39 is 6.10 Å². The number of hydrogen-bond acceptors (Lipinski definition) is 4. The second-order valence-electron chi connectivity index (χ2n) is 5.33. The molecule has 1 atom stereocenters. The summed E-state index contributed by atoms with van der Waals surface area (Å²) in [6, 6.07) is 9.91. The molecule has 1 unspecified atom stereocenters. The third-order valence-electron chi connectivity index (χ3n) is 3.75. The van der Waals surface area contributed by atoms with Gasteiger partial charge in [-0.2, -0.15) is 0 Å². The van der Waals surface area contributed by atoms with E-state index in [1.54, 1.807) is 0 Å². The molecule has 1 fully saturated rings. The molecule has 4 nitrogen and oxygen atoms in total. The molecular formula is C15H23NO3. The van der Waals surface area contributed by atoms with Gasteiger partial charge in [0.15, 0.2) is 0 Å². The Bertz CT molecular complexity index is 359. The molecule has 0 aromatic heterocycles. The molecule has 0 bridgehead atoms. The first-order valence-electron chi connectivity index (χ1n) is 6.90. The first kappa shape index (κ1) is 14.5. The van der Waals surface area contributed by atoms with Crippen LogP contribution in [0.3, 0.4) is 0 Å². The molecule has 0 aliphatic heterocycles. The van der Waals surface area contributed by atoms with Crippen molar-refractivity contribution in [2.45, 2.75) is 37.5 Å². The Morgan fingerprint density at radius 2 is 2.00 bits per heavy atom. The summed E-state index contributed by atoms with van der Waals surface area (Å²) in [6.07, 6.45) is 2.59. The largest absolute Gasteiger partial charge is 0.394 e. The van der Waals surface area contributed by atoms with Crippen molar-refractivity contribution in [1.29, 1.82) is 0 Å². The van der Waals surface area contributed by atoms with Crippen molar-refractivity contribution < 1.29 is 14.9 Å². The second-order valence-corrected chi connectivity index (χ2v) is 5.33. The molecule has 1 aromatic carbocycles. The maximum Gasteiger partial charge on any atom is 0.0898 e. The quantitative estimate of drug-likeness (QED) is 0.658. The fourth-order valence-electron chi connectivity index (χ4n) is 2.27. The zero-order chi connectivity index (χ0) is 13.6. The number of hydrogen-bond donors (Lipinski definition) is 3. The van der Waals surface area contributed by atoms with Crippen LogP contribution in [-0.4, -0.2) is 41.6 Å². The summed E-state index contributed by atoms with van der Waals surface area (Å²) in [6.45, 7) is 1.44. The number of aliphatic hydroxyl groups is 2. The first-order valence-corrected chi connectivity index (χ1v) is 6.90. The highest BCUT2D eigenvalue weighted by atomic mass is 16.5. The monoisotopic (exact) mass is 265 g/mol. The lowest BCUT2D eigenvalue weighted by Gasteiger charge is -2.41. The van der Waals surface area contributed by atoms with Gasteiger partial charge >= 0.3 is 0 Å². The van der Waals surface area contributed by atoms with E-state index in [2.05, 4.69) is 5.32 Å². The van der Waals surface area contributed by atoms with Gasteiger partial charge in [0.25, 0.3) is 0 Å². The van der Waals surface area contributed by atoms with Gasteiger partial charge in [0.1, 0.15) is 0 Å². The van der Waals surface area contributed by atoms with Crippen molar-refractivity contribution in [3.63, 3.8) is 0 Å². The van der Waals surface area contributed by atoms with Gasteiger partial charge in [0.2, 0.25) is 0 Å². The van der Waals surface area contributed by atoms with E-state index in [-0.39, 0.29) is 12.1 Å². The maximum absolute atomic E-state index is 9.84. The van der Waals surface area contributed by atoms with Crippen LogP contribution >= 0.6 is 0 Å². The molecule has 0 saturated heterocycles. The number of rotatable bonds is 8. The molecule has 1 aliphatic carbocycles. The predicted octanol–water partition coefficient (Wildman–Crippen LogP) is 1.07. The van der Waals surface area contributed by atoms with E-state index in [4.69, 9.17) is 4.74 Å². The fourth-order valence-corrected chi connectivity index (χ4v) is 2.27. The summed E-state index contributed by atoms with van der Waals surface area (Å²) >= 11 is 0. The maximum atomic E-state index is 9.84. The lowest BCUT2D eigenvalue weighted by molar-refractivity contribution is 0.0134. The highest BCUT2D eigenvalue weighted by molar-refractivity contribution is 5.13. The van der Waals surface area contributed by atoms with Crippen molar-refractivity contribution in [2.24, 2.45) is 0 Å². The molecule has 1 aliphatic rings. The summed E-state index contributed by atoms with van der Waals surface area (Å²) in [5.74, 6) is 0. The zero-order valence-corrected chi connectivity index (χ0v) is 11.2. The van der Waals surface area contributed by atoms with Crippen LogP contribution in [0.25, 0.3) is 0 Å². The van der Waals surface area contributed by atoms with Crippen LogP contribution in [0.5, 0.6) is 0 Å². The minimum atomic E-state index is -0.535. The van der Waals surface area contributed by atoms with Crippen LogP contribution in [0.2, 0.25) is 0 Å². The molecule has 1 saturated carbocycles. The minimum absolute atomic E-state index is 0.143. The lowest BCUT2D eigenvalue weighted by atomic mass is 9.77. The fraction of sp³-hybridized carbons (Fsp3) is 0.600. The molecule has 19 heavy (non-hydrogen) atoms. The number of nitrogens with one attached hydrogen (secondary N) is 1. The standard InChI is InChI=1S/C15H23NO3/c17-12-15(7-4-8-15)16-9-14(18)11-19-10-13-5-2-1-3-6-13/h1-3,5-6,14,16-18H,4,7-12H2. The van der Waals surface area contributed by atoms with Crippen LogP contribution < -0.4 is 5.32 Å². The average Bonchev–Trinajstić information content (AvgIpc) is 2.39. The first-order chi connectivity index (χ1) is 9.24. The molecule has 0 amide bonds. The molecule has 2 rings (SSSR count). The number of benzene rings is 1. The van der Waals surface area contributed by atoms with Gasteiger partial charge in [0.05, 0.1) is 25.9 Å². The van der Waals surface area contributed by atoms with Gasteiger partial charge in [0, 0.05) is 12.1 Å². The summed E-state index contributed by atoms with van der Waals surface area (Å²) < 4.78 is 5.48. The van der Waals surface area contributed by atoms with E-state index in [1.807, 2.05) is 30.3 Å². The SMILES string of the molecule is OCC1(NCC(O)COCc2ccccc2)CCC1. The molecule has 4 heteroatoms. The van der Waals surface area contributed by atoms with Crippen LogP contribution in [-0.2, 0) is 11.3 Å². The van der Waals surface area contributed by atoms with Crippen molar-refractivity contribution in [2.75, 3.05) is 19.8 Å². The molecule has 0 heterocycles. The number of ether oxygens (including phenoxy) is 1. The Morgan fingerprint density at radius 1 is 1.26 bits per heavy atom. The molecule has 0 radical (unpaired) electrons. The number of aliphatic hydroxyl groups excluding tert-OH is 2. The van der Waals surface area contributed by atoms with Crippen LogP contribution in [0.15, 0.2) is 30.3 Å². The summed E-state index contributed by atoms with van der Waals surface area (Å²) in [7, 11) is 0. The summed E-state index contributed by atoms with van der Waals surface area (Å²) in [5.41, 5.74) is 0.953. The Kier molecular flexibility index (Phi) is 5.34. The van der Waals surface area contributed by atoms with Gasteiger partial charge < -0.3 is 20.3 Å². The van der Waals surface area contributed by atoms with Crippen molar-refractivity contribution >= 4 is 0 Å². The van der Waals surface area contributed by atoms with E-state index in [0.717, 1.165) is 24.8 Å². The molecule has 0 spiro atoms. The second kappa shape index (κ2) is 7.01. The van der Waals surface area contributed by atoms with Crippen molar-refractivity contribution in [1.82, 2.24) is 5.32 Å². The van der Waals surface area contributed by atoms with Gasteiger partial charge in [-0.05, 0) is 24.8 Å². The van der Waals surface area contributed by atoms with E-state index >= 15 is 0 Å². The predicted molar refractivity (Wildman–Crippen MR) is 73.8 cm³/mol. The van der Waals surface area contributed by atoms with E-state index in [0.29, 0.717) is 19.8 Å². The molecule has 106 valence electrons. The average molecular weight is 265 g/mol. The third kappa shape index (κ3) is 4.28. The van der Waals surface area contributed by atoms with Gasteiger partial charge in [-0.3, -0.25) is 0 Å². The smallest absolute Gasteiger partial charge is 0.0898 e. The van der Waals surface area contributed by atoms with Crippen LogP contribution in [0.4, 0.5) is 0 Å². The van der Waals surface area contributed by atoms with Crippen molar-refractivity contribution in [3.8, 4) is 0 Å². The van der Waals surface area contributed by atoms with Gasteiger partial charge in [-0.25, -0.2) is 0 Å². The lowest BCUT2D eigenvalue weighted by Crippen LogP contribution is -2.56. The van der Waals surface area contributed by atoms with Crippen LogP contribution in [0, 0.1) is 0 Å². The highest BCUT2D eigenvalue weighted by Gasteiger charge is 2.35. The zero-order valence-electron chi connectivity index (χ0n) is 11.2. The Balaban J connectivity index is 1.61. The van der Waals surface area contributed by atoms with Gasteiger partial charge in [-0.15, -0.1) is 0 Å². The van der Waals surface area contributed by atoms with Crippen LogP contribution in [0.1, 0.15) is 24.8 Å². The Morgan fingerprint density at radius 3 is 2.58 bits per heavy atom. The normalized spacial score (nSPS) is 18.8. The topological polar surface area (TPSA) is 61.7 Å². The third-order valence-corrected chi connectivity index (χ3v) is 3.75. The molecule has 3 N–H and O–H groups in total. The van der Waals surface area contributed by atoms with E-state index in [9.17, 15) is 10.2 Å². The van der Waals surface area contributed by atoms with E-state index in [1.165, 1.54) is 0 Å². The number of β-amino-alcohol motifs (C(OH)–C–C–N with tert-alkyl or cyclic N) is 1. The molecule has 1 aromatic rings. The Labute approximate surface area is 114 Å². The minimum Gasteiger partial charge on any atom is -0.394 e. The molecular weight excluding hydrogens is 242 g/mol. The van der Waals surface area contributed by atoms with Crippen molar-refractivity contribution in [3.05, 3.63) is 35.9 Å². The highest BCUT2D eigenvalue weighted by Crippen LogP contribution is 2.30. The summed E-state index contributed by atoms with van der Waals surface area (Å²) in [5, 5.41) is 22.4. The summed E-state index contributed by atoms with van der Waals surface area (Å²) in [4.78, 5) is 0. The Hall–Kier alpha value is -0.940. The van der Waals surface area contributed by atoms with Gasteiger partial charge in [-0.1, -0.05) is 30.3 Å².